The van der Waals surface area contributed by atoms with E-state index in [9.17, 15) is 9.70 Å². The van der Waals surface area contributed by atoms with Crippen molar-refractivity contribution in [2.45, 2.75) is 13.3 Å². The zero-order valence-electron chi connectivity index (χ0n) is 15.3. The molecule has 1 fully saturated rings. The summed E-state index contributed by atoms with van der Waals surface area (Å²) in [6.45, 7) is 4.40. The maximum Gasteiger partial charge on any atom is 0.317 e. The Bertz CT molecular complexity index is 773. The van der Waals surface area contributed by atoms with Crippen LogP contribution in [0, 0.1) is 10.3 Å². The highest BCUT2D eigenvalue weighted by Gasteiger charge is 2.43. The number of rotatable bonds is 5. The highest BCUT2D eigenvalue weighted by Crippen LogP contribution is 2.36. The van der Waals surface area contributed by atoms with Gasteiger partial charge in [-0.25, -0.2) is 20.3 Å². The highest BCUT2D eigenvalue weighted by molar-refractivity contribution is 5.84. The molecule has 1 saturated heterocycles. The van der Waals surface area contributed by atoms with Gasteiger partial charge in [0.15, 0.2) is 7.11 Å². The fourth-order valence-electron chi connectivity index (χ4n) is 3.30. The first-order valence-corrected chi connectivity index (χ1v) is 8.63. The van der Waals surface area contributed by atoms with Crippen LogP contribution in [0.1, 0.15) is 13.3 Å². The molecule has 144 valence electrons. The van der Waals surface area contributed by atoms with E-state index in [0.717, 1.165) is 0 Å². The van der Waals surface area contributed by atoms with Crippen molar-refractivity contribution in [3.8, 4) is 0 Å². The van der Waals surface area contributed by atoms with E-state index in [2.05, 4.69) is 19.8 Å². The Labute approximate surface area is 156 Å². The Hall–Kier alpha value is -3.01. The van der Waals surface area contributed by atoms with Gasteiger partial charge in [-0.3, -0.25) is 10.0 Å². The minimum atomic E-state index is -1.03. The van der Waals surface area contributed by atoms with Crippen molar-refractivity contribution < 1.29 is 19.8 Å². The smallest absolute Gasteiger partial charge is 0.317 e. The summed E-state index contributed by atoms with van der Waals surface area (Å²) < 4.78 is 0. The van der Waals surface area contributed by atoms with Gasteiger partial charge >= 0.3 is 5.70 Å². The molecule has 2 aliphatic rings. The van der Waals surface area contributed by atoms with Crippen molar-refractivity contribution in [1.82, 2.24) is 20.3 Å². The van der Waals surface area contributed by atoms with Crippen LogP contribution in [0.5, 0.6) is 0 Å². The van der Waals surface area contributed by atoms with Crippen LogP contribution in [-0.4, -0.2) is 64.2 Å². The topological polar surface area (TPSA) is 111 Å². The minimum Gasteiger partial charge on any atom is -0.363 e. The first-order valence-electron chi connectivity index (χ1n) is 8.63. The quantitative estimate of drug-likeness (QED) is 0.569. The van der Waals surface area contributed by atoms with Gasteiger partial charge in [-0.1, -0.05) is 6.08 Å². The van der Waals surface area contributed by atoms with Crippen molar-refractivity contribution in [2.24, 2.45) is 5.41 Å². The highest BCUT2D eigenvalue weighted by atomic mass is 16.8. The summed E-state index contributed by atoms with van der Waals surface area (Å²) in [6.07, 6.45) is 6.98. The molecule has 3 rings (SSSR count). The molecule has 1 atom stereocenters. The molecule has 1 aromatic rings. The number of hydroxylamine groups is 1. The summed E-state index contributed by atoms with van der Waals surface area (Å²) in [6, 6.07) is 1.77. The van der Waals surface area contributed by atoms with E-state index in [1.54, 1.807) is 43.0 Å². The van der Waals surface area contributed by atoms with E-state index in [4.69, 9.17) is 10.0 Å². The number of anilines is 1. The average molecular weight is 375 g/mol. The molecule has 1 unspecified atom stereocenters. The van der Waals surface area contributed by atoms with Crippen LogP contribution in [0.15, 0.2) is 42.0 Å². The lowest BCUT2D eigenvalue weighted by Crippen LogP contribution is -2.47. The summed E-state index contributed by atoms with van der Waals surface area (Å²) in [5, 5.41) is 8.99. The van der Waals surface area contributed by atoms with Crippen molar-refractivity contribution in [2.75, 3.05) is 38.2 Å². The van der Waals surface area contributed by atoms with E-state index >= 15 is 0 Å². The second kappa shape index (κ2) is 7.70. The van der Waals surface area contributed by atoms with Crippen molar-refractivity contribution in [3.05, 3.63) is 46.9 Å². The van der Waals surface area contributed by atoms with Gasteiger partial charge in [-0.15, -0.1) is 0 Å². The maximum absolute atomic E-state index is 12.3. The van der Waals surface area contributed by atoms with Crippen LogP contribution in [0.3, 0.4) is 0 Å². The molecule has 10 heteroatoms. The molecule has 0 radical (unpaired) electrons. The van der Waals surface area contributed by atoms with Crippen LogP contribution in [0.2, 0.25) is 0 Å². The Morgan fingerprint density at radius 3 is 2.48 bits per heavy atom. The molecule has 1 aliphatic carbocycles. The molecule has 1 amide bonds. The lowest BCUT2D eigenvalue weighted by Gasteiger charge is -2.37. The third-order valence-electron chi connectivity index (χ3n) is 4.90. The van der Waals surface area contributed by atoms with Crippen LogP contribution >= 0.6 is 0 Å². The number of amides is 1. The van der Waals surface area contributed by atoms with Gasteiger partial charge < -0.3 is 9.80 Å². The molecular weight excluding hydrogens is 352 g/mol. The Morgan fingerprint density at radius 1 is 1.26 bits per heavy atom. The van der Waals surface area contributed by atoms with Crippen molar-refractivity contribution in [3.63, 3.8) is 0 Å². The van der Waals surface area contributed by atoms with Gasteiger partial charge in [0.1, 0.15) is 5.70 Å². The number of carbonyl (C=O) groups excluding carboxylic acids is 1. The lowest BCUT2D eigenvalue weighted by molar-refractivity contribution is -0.763. The first-order chi connectivity index (χ1) is 13.0. The molecule has 1 aromatic heterocycles. The van der Waals surface area contributed by atoms with Crippen LogP contribution < -0.4 is 10.4 Å². The second-order valence-electron chi connectivity index (χ2n) is 6.66. The summed E-state index contributed by atoms with van der Waals surface area (Å²) in [5.41, 5.74) is 1.68. The van der Waals surface area contributed by atoms with Crippen LogP contribution in [0.25, 0.3) is 0 Å². The molecule has 0 bridgehead atoms. The molecule has 1 aliphatic heterocycles. The Kier molecular flexibility index (Phi) is 5.36. The molecule has 0 spiro atoms. The van der Waals surface area contributed by atoms with Crippen molar-refractivity contribution in [1.29, 1.82) is 0 Å². The van der Waals surface area contributed by atoms with E-state index in [-0.39, 0.29) is 6.42 Å². The van der Waals surface area contributed by atoms with Crippen LogP contribution in [0.4, 0.5) is 5.95 Å². The third kappa shape index (κ3) is 3.75. The second-order valence-corrected chi connectivity index (χ2v) is 6.66. The standard InChI is InChI=1S/C17H22N6O4/c1-17(15(24)20-25)5-4-13(14(12-17)23(26)27-2)21-8-10-22(11-9-21)16-18-6-3-7-19-16/h3-7H,8-12H2,1-2H3,(H-,20,24,25)/p+1. The van der Waals surface area contributed by atoms with Gasteiger partial charge in [0.05, 0.1) is 16.7 Å². The number of nitrogens with one attached hydrogen (secondary N) is 1. The summed E-state index contributed by atoms with van der Waals surface area (Å²) in [4.78, 5) is 42.2. The van der Waals surface area contributed by atoms with Crippen LogP contribution in [-0.2, 0) is 9.63 Å². The van der Waals surface area contributed by atoms with E-state index in [1.165, 1.54) is 7.11 Å². The molecule has 27 heavy (non-hydrogen) atoms. The van der Waals surface area contributed by atoms with Crippen molar-refractivity contribution >= 4 is 11.9 Å². The largest absolute Gasteiger partial charge is 0.363 e. The number of nitrogens with zero attached hydrogens (tertiary/aromatic N) is 5. The molecule has 0 saturated carbocycles. The van der Waals surface area contributed by atoms with Gasteiger partial charge in [-0.2, -0.15) is 0 Å². The Morgan fingerprint density at radius 2 is 1.89 bits per heavy atom. The number of carbonyl (C=O) groups is 1. The minimum absolute atomic E-state index is 0.116. The number of piperazine rings is 1. The lowest BCUT2D eigenvalue weighted by atomic mass is 9.80. The molecule has 10 nitrogen and oxygen atoms in total. The maximum atomic E-state index is 12.3. The number of hydrogen-bond donors (Lipinski definition) is 2. The predicted molar refractivity (Wildman–Crippen MR) is 95.3 cm³/mol. The van der Waals surface area contributed by atoms with E-state index in [1.807, 2.05) is 0 Å². The molecule has 0 aromatic carbocycles. The van der Waals surface area contributed by atoms with Gasteiger partial charge in [-0.05, 0) is 19.1 Å². The molecule has 2 heterocycles. The number of allylic oxidation sites excluding steroid dienone is 2. The monoisotopic (exact) mass is 375 g/mol. The normalized spacial score (nSPS) is 22.6. The summed E-state index contributed by atoms with van der Waals surface area (Å²) in [7, 11) is 1.28. The van der Waals surface area contributed by atoms with Gasteiger partial charge in [0, 0.05) is 38.6 Å². The molecule has 2 N–H and O–H groups in total. The third-order valence-corrected chi connectivity index (χ3v) is 4.90. The number of hydrogen-bond acceptors (Lipinski definition) is 8. The fourth-order valence-corrected chi connectivity index (χ4v) is 3.30. The summed E-state index contributed by atoms with van der Waals surface area (Å²) in [5.74, 6) is 0.103. The number of aromatic nitrogens is 2. The average Bonchev–Trinajstić information content (AvgIpc) is 2.73. The Balaban J connectivity index is 1.79. The molecular formula is C17H23N6O4+. The van der Waals surface area contributed by atoms with Gasteiger partial charge in [0.2, 0.25) is 5.95 Å². The SMILES string of the molecule is CO[N+](=O)C1=C(N2CCN(c3ncccn3)CC2)C=CC(C)(C(=O)NO)C1. The summed E-state index contributed by atoms with van der Waals surface area (Å²) >= 11 is 0. The zero-order valence-corrected chi connectivity index (χ0v) is 15.3. The van der Waals surface area contributed by atoms with E-state index < -0.39 is 11.3 Å². The predicted octanol–water partition coefficient (Wildman–Crippen LogP) is 0.622. The first kappa shape index (κ1) is 18.8. The van der Waals surface area contributed by atoms with Gasteiger partial charge in [0.25, 0.3) is 10.8 Å². The zero-order chi connectivity index (χ0) is 19.4. The van der Waals surface area contributed by atoms with E-state index in [0.29, 0.717) is 48.4 Å². The fraction of sp³-hybridized carbons (Fsp3) is 0.471.